The number of nitrogens with one attached hydrogen (secondary N) is 2. The average molecular weight is 420 g/mol. The van der Waals surface area contributed by atoms with E-state index in [1.54, 1.807) is 37.3 Å². The van der Waals surface area contributed by atoms with E-state index in [-0.39, 0.29) is 11.8 Å². The van der Waals surface area contributed by atoms with Gasteiger partial charge in [-0.3, -0.25) is 9.59 Å². The van der Waals surface area contributed by atoms with Crippen LogP contribution in [0.4, 0.5) is 11.4 Å². The Morgan fingerprint density at radius 2 is 1.80 bits per heavy atom. The molecule has 128 valence electrons. The van der Waals surface area contributed by atoms with Crippen molar-refractivity contribution in [3.63, 3.8) is 0 Å². The van der Waals surface area contributed by atoms with Crippen LogP contribution in [0.2, 0.25) is 0 Å². The fourth-order valence-corrected chi connectivity index (χ4v) is 3.33. The molecule has 1 atom stereocenters. The molecule has 2 N–H and O–H groups in total. The number of carbonyl (C=O) groups is 2. The number of rotatable bonds is 5. The zero-order valence-electron chi connectivity index (χ0n) is 13.1. The first-order valence-electron chi connectivity index (χ1n) is 7.34. The lowest BCUT2D eigenvalue weighted by molar-refractivity contribution is -0.119. The van der Waals surface area contributed by atoms with Crippen LogP contribution in [0.1, 0.15) is 22.6 Å². The van der Waals surface area contributed by atoms with E-state index in [2.05, 4.69) is 36.6 Å². The highest BCUT2D eigenvalue weighted by Gasteiger charge is 2.15. The maximum Gasteiger partial charge on any atom is 0.265 e. The predicted molar refractivity (Wildman–Crippen MR) is 99.8 cm³/mol. The summed E-state index contributed by atoms with van der Waals surface area (Å²) in [5.41, 5.74) is 1.28. The van der Waals surface area contributed by atoms with E-state index in [1.165, 1.54) is 28.7 Å². The number of amides is 2. The summed E-state index contributed by atoms with van der Waals surface area (Å²) in [6, 6.07) is 10.0. The summed E-state index contributed by atoms with van der Waals surface area (Å²) >= 11 is 4.70. The average Bonchev–Trinajstić information content (AvgIpc) is 3.27. The van der Waals surface area contributed by atoms with Gasteiger partial charge in [0.15, 0.2) is 0 Å². The molecule has 0 fully saturated rings. The molecule has 0 radical (unpaired) electrons. The smallest absolute Gasteiger partial charge is 0.265 e. The van der Waals surface area contributed by atoms with Gasteiger partial charge in [0, 0.05) is 11.4 Å². The lowest BCUT2D eigenvalue weighted by Crippen LogP contribution is -2.24. The number of benzene rings is 1. The van der Waals surface area contributed by atoms with E-state index in [9.17, 15) is 9.59 Å². The number of halogens is 1. The van der Waals surface area contributed by atoms with E-state index in [0.717, 1.165) is 3.79 Å². The van der Waals surface area contributed by atoms with Gasteiger partial charge in [0.05, 0.1) is 8.66 Å². The molecule has 7 nitrogen and oxygen atoms in total. The molecule has 3 rings (SSSR count). The van der Waals surface area contributed by atoms with Gasteiger partial charge in [0.25, 0.3) is 5.91 Å². The summed E-state index contributed by atoms with van der Waals surface area (Å²) in [6.45, 7) is 1.73. The highest BCUT2D eigenvalue weighted by molar-refractivity contribution is 9.11. The third kappa shape index (κ3) is 4.31. The van der Waals surface area contributed by atoms with Crippen molar-refractivity contribution in [2.45, 2.75) is 13.0 Å². The molecule has 2 amide bonds. The Balaban J connectivity index is 1.60. The molecule has 0 saturated heterocycles. The second-order valence-corrected chi connectivity index (χ2v) is 7.64. The van der Waals surface area contributed by atoms with Crippen LogP contribution in [-0.2, 0) is 4.79 Å². The summed E-state index contributed by atoms with van der Waals surface area (Å²) in [5.74, 6) is -0.377. The highest BCUT2D eigenvalue weighted by Crippen LogP contribution is 2.23. The van der Waals surface area contributed by atoms with Crippen LogP contribution < -0.4 is 10.6 Å². The minimum atomic E-state index is -0.473. The molecule has 2 heterocycles. The van der Waals surface area contributed by atoms with Crippen molar-refractivity contribution in [2.75, 3.05) is 10.6 Å². The molecule has 0 aliphatic rings. The zero-order valence-corrected chi connectivity index (χ0v) is 15.5. The summed E-state index contributed by atoms with van der Waals surface area (Å²) in [5, 5.41) is 9.56. The third-order valence-electron chi connectivity index (χ3n) is 3.42. The number of hydrogen-bond donors (Lipinski definition) is 2. The van der Waals surface area contributed by atoms with Gasteiger partial charge >= 0.3 is 0 Å². The Morgan fingerprint density at radius 3 is 2.36 bits per heavy atom. The lowest BCUT2D eigenvalue weighted by atomic mass is 10.2. The van der Waals surface area contributed by atoms with Gasteiger partial charge in [-0.15, -0.1) is 11.3 Å². The largest absolute Gasteiger partial charge is 0.324 e. The predicted octanol–water partition coefficient (Wildman–Crippen LogP) is 3.55. The van der Waals surface area contributed by atoms with Crippen molar-refractivity contribution in [2.24, 2.45) is 0 Å². The SMILES string of the molecule is CC(C(=O)Nc1ccc(NC(=O)c2ccc(Br)s2)cc1)n1cncn1. The number of anilines is 2. The third-order valence-corrected chi connectivity index (χ3v) is 5.04. The number of thiophene rings is 1. The molecule has 0 saturated carbocycles. The van der Waals surface area contributed by atoms with Gasteiger partial charge in [-0.2, -0.15) is 5.10 Å². The lowest BCUT2D eigenvalue weighted by Gasteiger charge is -2.12. The Morgan fingerprint density at radius 1 is 1.12 bits per heavy atom. The number of nitrogens with zero attached hydrogens (tertiary/aromatic N) is 3. The van der Waals surface area contributed by atoms with Crippen LogP contribution >= 0.6 is 27.3 Å². The second kappa shape index (κ2) is 7.58. The fourth-order valence-electron chi connectivity index (χ4n) is 2.05. The molecule has 0 bridgehead atoms. The molecule has 0 aliphatic carbocycles. The minimum absolute atomic E-state index is 0.174. The quantitative estimate of drug-likeness (QED) is 0.661. The van der Waals surface area contributed by atoms with Crippen molar-refractivity contribution < 1.29 is 9.59 Å². The van der Waals surface area contributed by atoms with Crippen molar-refractivity contribution in [3.05, 3.63) is 57.7 Å². The number of carbonyl (C=O) groups excluding carboxylic acids is 2. The van der Waals surface area contributed by atoms with Crippen molar-refractivity contribution in [1.82, 2.24) is 14.8 Å². The van der Waals surface area contributed by atoms with Gasteiger partial charge in [-0.25, -0.2) is 9.67 Å². The van der Waals surface area contributed by atoms with E-state index in [0.29, 0.717) is 16.3 Å². The fraction of sp³-hybridized carbons (Fsp3) is 0.125. The van der Waals surface area contributed by atoms with E-state index < -0.39 is 6.04 Å². The standard InChI is InChI=1S/C16H14BrN5O2S/c1-10(22-9-18-8-19-22)15(23)20-11-2-4-12(5-3-11)21-16(24)13-6-7-14(17)25-13/h2-10H,1H3,(H,20,23)(H,21,24). The molecule has 0 spiro atoms. The van der Waals surface area contributed by atoms with Crippen LogP contribution in [0.15, 0.2) is 52.8 Å². The first-order valence-corrected chi connectivity index (χ1v) is 8.95. The van der Waals surface area contributed by atoms with Crippen LogP contribution in [0, 0.1) is 0 Å². The van der Waals surface area contributed by atoms with Gasteiger partial charge in [0.1, 0.15) is 18.7 Å². The molecule has 1 aromatic carbocycles. The molecule has 2 aromatic heterocycles. The number of aromatic nitrogens is 3. The zero-order chi connectivity index (χ0) is 17.8. The summed E-state index contributed by atoms with van der Waals surface area (Å²) in [4.78, 5) is 28.7. The maximum atomic E-state index is 12.2. The van der Waals surface area contributed by atoms with Crippen LogP contribution in [-0.4, -0.2) is 26.6 Å². The Kier molecular flexibility index (Phi) is 5.25. The monoisotopic (exact) mass is 419 g/mol. The van der Waals surface area contributed by atoms with Gasteiger partial charge in [0.2, 0.25) is 5.91 Å². The molecular formula is C16H14BrN5O2S. The molecule has 3 aromatic rings. The number of hydrogen-bond acceptors (Lipinski definition) is 5. The van der Waals surface area contributed by atoms with Crippen LogP contribution in [0.5, 0.6) is 0 Å². The van der Waals surface area contributed by atoms with Crippen LogP contribution in [0.3, 0.4) is 0 Å². The van der Waals surface area contributed by atoms with E-state index in [4.69, 9.17) is 0 Å². The van der Waals surface area contributed by atoms with Crippen molar-refractivity contribution in [3.8, 4) is 0 Å². The van der Waals surface area contributed by atoms with Crippen LogP contribution in [0.25, 0.3) is 0 Å². The van der Waals surface area contributed by atoms with Gasteiger partial charge in [-0.05, 0) is 59.3 Å². The molecule has 25 heavy (non-hydrogen) atoms. The summed E-state index contributed by atoms with van der Waals surface area (Å²) in [6.07, 6.45) is 2.87. The molecular weight excluding hydrogens is 406 g/mol. The summed E-state index contributed by atoms with van der Waals surface area (Å²) < 4.78 is 2.38. The Hall–Kier alpha value is -2.52. The van der Waals surface area contributed by atoms with Crippen molar-refractivity contribution in [1.29, 1.82) is 0 Å². The van der Waals surface area contributed by atoms with E-state index in [1.807, 2.05) is 6.07 Å². The Bertz CT molecular complexity index is 876. The molecule has 0 aliphatic heterocycles. The van der Waals surface area contributed by atoms with Crippen molar-refractivity contribution >= 4 is 50.5 Å². The Labute approximate surface area is 156 Å². The second-order valence-electron chi connectivity index (χ2n) is 5.18. The van der Waals surface area contributed by atoms with E-state index >= 15 is 0 Å². The molecule has 9 heteroatoms. The van der Waals surface area contributed by atoms with Gasteiger partial charge < -0.3 is 10.6 Å². The van der Waals surface area contributed by atoms with Gasteiger partial charge in [-0.1, -0.05) is 0 Å². The topological polar surface area (TPSA) is 88.9 Å². The first-order chi connectivity index (χ1) is 12.0. The first kappa shape index (κ1) is 17.3. The minimum Gasteiger partial charge on any atom is -0.324 e. The normalized spacial score (nSPS) is 11.8. The summed E-state index contributed by atoms with van der Waals surface area (Å²) in [7, 11) is 0. The maximum absolute atomic E-state index is 12.2. The molecule has 1 unspecified atom stereocenters. The highest BCUT2D eigenvalue weighted by atomic mass is 79.9.